The van der Waals surface area contributed by atoms with Gasteiger partial charge in [0.2, 0.25) is 11.8 Å². The van der Waals surface area contributed by atoms with Gasteiger partial charge in [-0.15, -0.1) is 0 Å². The normalized spacial score (nSPS) is 19.5. The molecule has 5 rings (SSSR count). The molecular formula is C23H25N5O6S. The number of nitrogens with zero attached hydrogens (tertiary/aromatic N) is 3. The molecule has 2 fully saturated rings. The van der Waals surface area contributed by atoms with Crippen LogP contribution >= 0.6 is 0 Å². The number of pyridine rings is 1. The summed E-state index contributed by atoms with van der Waals surface area (Å²) in [5, 5.41) is 3.41. The molecule has 4 heterocycles. The number of fused-ring (bicyclic) bond motifs is 1. The van der Waals surface area contributed by atoms with Gasteiger partial charge in [0.05, 0.1) is 49.0 Å². The Balaban J connectivity index is 1.44. The van der Waals surface area contributed by atoms with Crippen molar-refractivity contribution in [1.29, 1.82) is 0 Å². The first-order chi connectivity index (χ1) is 16.8. The van der Waals surface area contributed by atoms with E-state index in [0.29, 0.717) is 29.8 Å². The molecule has 35 heavy (non-hydrogen) atoms. The Morgan fingerprint density at radius 1 is 1.17 bits per heavy atom. The molecule has 12 heteroatoms. The summed E-state index contributed by atoms with van der Waals surface area (Å²) < 4.78 is 39.6. The van der Waals surface area contributed by atoms with Gasteiger partial charge in [0, 0.05) is 24.2 Å². The minimum atomic E-state index is -3.95. The van der Waals surface area contributed by atoms with Gasteiger partial charge < -0.3 is 25.4 Å². The Labute approximate surface area is 201 Å². The van der Waals surface area contributed by atoms with Gasteiger partial charge in [0.25, 0.3) is 10.0 Å². The highest BCUT2D eigenvalue weighted by molar-refractivity contribution is 7.90. The number of carbonyl (C=O) groups is 2. The van der Waals surface area contributed by atoms with E-state index in [1.807, 2.05) is 0 Å². The average Bonchev–Trinajstić information content (AvgIpc) is 3.60. The van der Waals surface area contributed by atoms with E-state index < -0.39 is 33.7 Å². The van der Waals surface area contributed by atoms with E-state index in [4.69, 9.17) is 15.2 Å². The predicted molar refractivity (Wildman–Crippen MR) is 124 cm³/mol. The number of rotatable bonds is 6. The lowest BCUT2D eigenvalue weighted by atomic mass is 10.1. The maximum atomic E-state index is 13.5. The molecule has 11 nitrogen and oxygen atoms in total. The summed E-state index contributed by atoms with van der Waals surface area (Å²) in [5.74, 6) is -1.87. The summed E-state index contributed by atoms with van der Waals surface area (Å²) in [6, 6.07) is 10.5. The minimum Gasteiger partial charge on any atom is -0.349 e. The van der Waals surface area contributed by atoms with Crippen molar-refractivity contribution < 1.29 is 27.5 Å². The van der Waals surface area contributed by atoms with Gasteiger partial charge in [-0.3, -0.25) is 14.6 Å². The van der Waals surface area contributed by atoms with Crippen LogP contribution in [0.1, 0.15) is 12.1 Å². The zero-order valence-electron chi connectivity index (χ0n) is 18.8. The van der Waals surface area contributed by atoms with Crippen molar-refractivity contribution in [2.24, 2.45) is 5.73 Å². The van der Waals surface area contributed by atoms with E-state index >= 15 is 0 Å². The lowest BCUT2D eigenvalue weighted by molar-refractivity contribution is -0.151. The second-order valence-corrected chi connectivity index (χ2v) is 10.2. The number of nitrogens with one attached hydrogen (secondary N) is 1. The van der Waals surface area contributed by atoms with Crippen LogP contribution in [0.15, 0.2) is 59.8 Å². The van der Waals surface area contributed by atoms with Gasteiger partial charge in [0.15, 0.2) is 5.79 Å². The highest BCUT2D eigenvalue weighted by Crippen LogP contribution is 2.35. The summed E-state index contributed by atoms with van der Waals surface area (Å²) in [6.45, 7) is 0.524. The Morgan fingerprint density at radius 2 is 1.91 bits per heavy atom. The number of likely N-dealkylation sites (tertiary alicyclic amines) is 1. The first kappa shape index (κ1) is 23.4. The van der Waals surface area contributed by atoms with E-state index in [2.05, 4.69) is 10.3 Å². The molecular weight excluding hydrogens is 474 g/mol. The lowest BCUT2D eigenvalue weighted by Gasteiger charge is -2.23. The zero-order chi connectivity index (χ0) is 24.6. The molecule has 1 spiro atoms. The molecule has 1 aromatic carbocycles. The van der Waals surface area contributed by atoms with Gasteiger partial charge in [-0.05, 0) is 24.3 Å². The highest BCUT2D eigenvalue weighted by Gasteiger charge is 2.52. The van der Waals surface area contributed by atoms with Gasteiger partial charge >= 0.3 is 0 Å². The topological polar surface area (TPSA) is 146 Å². The predicted octanol–water partition coefficient (Wildman–Crippen LogP) is 0.192. The van der Waals surface area contributed by atoms with Crippen LogP contribution in [-0.4, -0.2) is 72.2 Å². The number of ether oxygens (including phenoxy) is 2. The number of nitrogens with two attached hydrogens (primary N) is 1. The fraction of sp³-hybridized carbons (Fsp3) is 0.348. The number of hydrogen-bond donors (Lipinski definition) is 2. The van der Waals surface area contributed by atoms with E-state index in [-0.39, 0.29) is 31.0 Å². The molecule has 0 unspecified atom stereocenters. The maximum Gasteiger partial charge on any atom is 0.268 e. The second kappa shape index (κ2) is 9.04. The van der Waals surface area contributed by atoms with Gasteiger partial charge in [-0.25, -0.2) is 12.4 Å². The van der Waals surface area contributed by atoms with Gasteiger partial charge in [0.1, 0.15) is 6.04 Å². The van der Waals surface area contributed by atoms with Crippen molar-refractivity contribution in [1.82, 2.24) is 19.2 Å². The number of amides is 2. The Hall–Kier alpha value is -3.32. The van der Waals surface area contributed by atoms with E-state index in [9.17, 15) is 18.0 Å². The molecule has 0 bridgehead atoms. The van der Waals surface area contributed by atoms with E-state index in [1.165, 1.54) is 27.2 Å². The molecule has 2 saturated heterocycles. The Morgan fingerprint density at radius 3 is 2.63 bits per heavy atom. The van der Waals surface area contributed by atoms with Crippen molar-refractivity contribution in [2.75, 3.05) is 26.3 Å². The van der Waals surface area contributed by atoms with Crippen molar-refractivity contribution in [3.63, 3.8) is 0 Å². The third-order valence-electron chi connectivity index (χ3n) is 6.26. The molecule has 2 aliphatic heterocycles. The van der Waals surface area contributed by atoms with Crippen LogP contribution in [0.2, 0.25) is 0 Å². The van der Waals surface area contributed by atoms with Gasteiger partial charge in [-0.2, -0.15) is 0 Å². The monoisotopic (exact) mass is 499 g/mol. The first-order valence-electron chi connectivity index (χ1n) is 11.1. The quantitative estimate of drug-likeness (QED) is 0.489. The fourth-order valence-electron chi connectivity index (χ4n) is 4.65. The number of carbonyl (C=O) groups excluding carboxylic acids is 2. The lowest BCUT2D eigenvalue weighted by Crippen LogP contribution is -2.48. The Kier molecular flexibility index (Phi) is 6.05. The number of aromatic nitrogens is 2. The smallest absolute Gasteiger partial charge is 0.268 e. The molecule has 0 radical (unpaired) electrons. The minimum absolute atomic E-state index is 0.0879. The molecule has 0 aliphatic carbocycles. The van der Waals surface area contributed by atoms with Crippen LogP contribution < -0.4 is 11.1 Å². The van der Waals surface area contributed by atoms with Crippen LogP contribution in [0.3, 0.4) is 0 Å². The van der Waals surface area contributed by atoms with Crippen molar-refractivity contribution in [3.05, 3.63) is 60.6 Å². The summed E-state index contributed by atoms with van der Waals surface area (Å²) in [5.41, 5.74) is 6.35. The molecule has 0 saturated carbocycles. The van der Waals surface area contributed by atoms with Crippen LogP contribution in [0, 0.1) is 0 Å². The second-order valence-electron chi connectivity index (χ2n) is 8.42. The van der Waals surface area contributed by atoms with E-state index in [0.717, 1.165) is 0 Å². The summed E-state index contributed by atoms with van der Waals surface area (Å²) in [7, 11) is -3.95. The largest absolute Gasteiger partial charge is 0.349 e. The molecule has 2 aliphatic rings. The fourth-order valence-corrected chi connectivity index (χ4v) is 6.21. The summed E-state index contributed by atoms with van der Waals surface area (Å²) in [6.07, 6.45) is 3.24. The van der Waals surface area contributed by atoms with Crippen LogP contribution in [0.4, 0.5) is 0 Å². The molecule has 184 valence electrons. The highest BCUT2D eigenvalue weighted by atomic mass is 32.2. The SMILES string of the molecule is NCC(=O)N1CC2(C[C@H]1C(=O)NCc1cc3cnccc3n1S(=O)(=O)c1ccccc1)OCCO2. The zero-order valence-corrected chi connectivity index (χ0v) is 19.6. The third kappa shape index (κ3) is 4.18. The molecule has 2 aromatic heterocycles. The van der Waals surface area contributed by atoms with Crippen molar-refractivity contribution in [2.45, 2.75) is 29.7 Å². The van der Waals surface area contributed by atoms with Crippen LogP contribution in [0.5, 0.6) is 0 Å². The standard InChI is InChI=1S/C23H25N5O6S/c24-12-21(29)27-15-23(33-8-9-34-23)11-20(27)22(30)26-14-17-10-16-13-25-7-6-19(16)28(17)35(31,32)18-4-2-1-3-5-18/h1-7,10,13,20H,8-9,11-12,14-15,24H2,(H,26,30)/t20-/m0/s1. The first-order valence-corrected chi connectivity index (χ1v) is 12.6. The third-order valence-corrected chi connectivity index (χ3v) is 8.04. The van der Waals surface area contributed by atoms with Crippen molar-refractivity contribution >= 4 is 32.7 Å². The van der Waals surface area contributed by atoms with Crippen LogP contribution in [0.25, 0.3) is 10.9 Å². The number of hydrogen-bond acceptors (Lipinski definition) is 8. The van der Waals surface area contributed by atoms with Gasteiger partial charge in [-0.1, -0.05) is 18.2 Å². The summed E-state index contributed by atoms with van der Waals surface area (Å²) >= 11 is 0. The van der Waals surface area contributed by atoms with Crippen LogP contribution in [-0.2, 0) is 35.6 Å². The van der Waals surface area contributed by atoms with Crippen molar-refractivity contribution in [3.8, 4) is 0 Å². The molecule has 2 amide bonds. The summed E-state index contributed by atoms with van der Waals surface area (Å²) in [4.78, 5) is 31.2. The molecule has 1 atom stereocenters. The number of benzene rings is 1. The maximum absolute atomic E-state index is 13.5. The average molecular weight is 500 g/mol. The molecule has 3 aromatic rings. The molecule has 3 N–H and O–H groups in total. The van der Waals surface area contributed by atoms with E-state index in [1.54, 1.807) is 36.5 Å². The Bertz CT molecular complexity index is 1370.